The van der Waals surface area contributed by atoms with E-state index in [2.05, 4.69) is 32.8 Å². The van der Waals surface area contributed by atoms with Crippen LogP contribution in [0.3, 0.4) is 0 Å². The molecular weight excluding hydrogens is 506 g/mol. The largest absolute Gasteiger partial charge is 0.493 e. The highest BCUT2D eigenvalue weighted by molar-refractivity contribution is 5.89. The quantitative estimate of drug-likeness (QED) is 0.413. The minimum Gasteiger partial charge on any atom is -0.493 e. The Labute approximate surface area is 226 Å². The van der Waals surface area contributed by atoms with Crippen molar-refractivity contribution in [2.24, 2.45) is 0 Å². The Morgan fingerprint density at radius 1 is 1.10 bits per heavy atom. The molecule has 2 N–H and O–H groups in total. The van der Waals surface area contributed by atoms with E-state index < -0.39 is 17.7 Å². The number of hydrogen-bond donors (Lipinski definition) is 2. The van der Waals surface area contributed by atoms with Gasteiger partial charge in [-0.1, -0.05) is 11.2 Å². The van der Waals surface area contributed by atoms with Crippen molar-refractivity contribution in [1.29, 1.82) is 0 Å². The summed E-state index contributed by atoms with van der Waals surface area (Å²) in [5.41, 5.74) is 3.23. The lowest BCUT2D eigenvalue weighted by Gasteiger charge is -2.45. The summed E-state index contributed by atoms with van der Waals surface area (Å²) in [6.07, 6.45) is 3.32. The lowest BCUT2D eigenvalue weighted by Crippen LogP contribution is -2.52. The number of carbonyl (C=O) groups is 1. The lowest BCUT2D eigenvalue weighted by atomic mass is 9.65. The fourth-order valence-corrected chi connectivity index (χ4v) is 6.30. The molecule has 1 aromatic heterocycles. The molecule has 1 aliphatic heterocycles. The van der Waals surface area contributed by atoms with Crippen molar-refractivity contribution in [3.8, 4) is 11.5 Å². The van der Waals surface area contributed by atoms with Crippen LogP contribution in [0.4, 0.5) is 19.3 Å². The van der Waals surface area contributed by atoms with Gasteiger partial charge in [0, 0.05) is 41.4 Å². The van der Waals surface area contributed by atoms with Crippen LogP contribution in [0.5, 0.6) is 11.5 Å². The van der Waals surface area contributed by atoms with E-state index in [1.54, 1.807) is 14.2 Å². The molecule has 5 rings (SSSR count). The number of aryl methyl sites for hydroxylation is 2. The van der Waals surface area contributed by atoms with E-state index in [-0.39, 0.29) is 23.2 Å². The first-order valence-corrected chi connectivity index (χ1v) is 13.1. The van der Waals surface area contributed by atoms with Crippen LogP contribution in [-0.4, -0.2) is 48.9 Å². The van der Waals surface area contributed by atoms with Crippen LogP contribution in [0.1, 0.15) is 48.3 Å². The fraction of sp³-hybridized carbons (Fsp3) is 0.448. The second kappa shape index (κ2) is 10.8. The first-order chi connectivity index (χ1) is 18.7. The highest BCUT2D eigenvalue weighted by Crippen LogP contribution is 2.51. The van der Waals surface area contributed by atoms with Crippen molar-refractivity contribution < 1.29 is 27.6 Å². The van der Waals surface area contributed by atoms with Crippen LogP contribution in [-0.2, 0) is 12.0 Å². The number of benzene rings is 2. The molecule has 2 aliphatic rings. The van der Waals surface area contributed by atoms with Crippen LogP contribution in [0.25, 0.3) is 0 Å². The molecule has 3 atom stereocenters. The summed E-state index contributed by atoms with van der Waals surface area (Å²) in [5.74, 6) is 0.223. The van der Waals surface area contributed by atoms with E-state index in [1.807, 2.05) is 19.9 Å². The zero-order chi connectivity index (χ0) is 27.7. The second-order valence-electron chi connectivity index (χ2n) is 10.5. The number of likely N-dealkylation sites (tertiary alicyclic amines) is 1. The Morgan fingerprint density at radius 2 is 1.90 bits per heavy atom. The molecule has 1 saturated heterocycles. The summed E-state index contributed by atoms with van der Waals surface area (Å²) in [5, 5.41) is 9.82. The Balaban J connectivity index is 1.39. The first-order valence-electron chi connectivity index (χ1n) is 13.1. The van der Waals surface area contributed by atoms with E-state index in [9.17, 15) is 13.6 Å². The molecule has 0 bridgehead atoms. The third-order valence-electron chi connectivity index (χ3n) is 8.38. The number of nitrogens with one attached hydrogen (secondary N) is 2. The topological polar surface area (TPSA) is 88.9 Å². The molecular formula is C29H34F2N4O4. The van der Waals surface area contributed by atoms with Gasteiger partial charge in [-0.15, -0.1) is 0 Å². The summed E-state index contributed by atoms with van der Waals surface area (Å²) < 4.78 is 43.4. The number of methoxy groups -OCH3 is 2. The number of aromatic nitrogens is 1. The normalized spacial score (nSPS) is 22.8. The maximum Gasteiger partial charge on any atom is 0.319 e. The molecule has 2 heterocycles. The van der Waals surface area contributed by atoms with Crippen molar-refractivity contribution in [1.82, 2.24) is 15.4 Å². The van der Waals surface area contributed by atoms with Crippen LogP contribution >= 0.6 is 0 Å². The number of rotatable bonds is 7. The van der Waals surface area contributed by atoms with Gasteiger partial charge in [-0.05, 0) is 75.9 Å². The molecule has 0 radical (unpaired) electrons. The molecule has 10 heteroatoms. The Bertz CT molecular complexity index is 1340. The summed E-state index contributed by atoms with van der Waals surface area (Å²) in [7, 11) is 3.27. The van der Waals surface area contributed by atoms with Crippen molar-refractivity contribution >= 4 is 11.7 Å². The Morgan fingerprint density at radius 3 is 2.59 bits per heavy atom. The molecule has 8 nitrogen and oxygen atoms in total. The maximum atomic E-state index is 13.6. The van der Waals surface area contributed by atoms with Gasteiger partial charge < -0.3 is 24.6 Å². The second-order valence-corrected chi connectivity index (χ2v) is 10.5. The van der Waals surface area contributed by atoms with Gasteiger partial charge in [0.25, 0.3) is 0 Å². The molecule has 0 spiro atoms. The molecule has 1 saturated carbocycles. The van der Waals surface area contributed by atoms with E-state index >= 15 is 0 Å². The third-order valence-corrected chi connectivity index (χ3v) is 8.38. The van der Waals surface area contributed by atoms with Gasteiger partial charge in [-0.2, -0.15) is 0 Å². The third kappa shape index (κ3) is 5.17. The predicted molar refractivity (Wildman–Crippen MR) is 142 cm³/mol. The van der Waals surface area contributed by atoms with Crippen LogP contribution in [0, 0.1) is 25.5 Å². The minimum atomic E-state index is -1.01. The molecule has 2 fully saturated rings. The number of carbonyl (C=O) groups excluding carboxylic acids is 1. The summed E-state index contributed by atoms with van der Waals surface area (Å²) >= 11 is 0. The lowest BCUT2D eigenvalue weighted by molar-refractivity contribution is 0.130. The number of amides is 2. The van der Waals surface area contributed by atoms with Gasteiger partial charge in [0.1, 0.15) is 5.76 Å². The number of halogens is 2. The van der Waals surface area contributed by atoms with Crippen LogP contribution < -0.4 is 20.1 Å². The average Bonchev–Trinajstić information content (AvgIpc) is 3.45. The van der Waals surface area contributed by atoms with Gasteiger partial charge in [0.05, 0.1) is 19.9 Å². The van der Waals surface area contributed by atoms with E-state index in [0.717, 1.165) is 61.4 Å². The van der Waals surface area contributed by atoms with E-state index in [1.165, 1.54) is 11.6 Å². The van der Waals surface area contributed by atoms with Gasteiger partial charge in [0.15, 0.2) is 23.1 Å². The number of anilines is 1. The van der Waals surface area contributed by atoms with Gasteiger partial charge in [0.2, 0.25) is 0 Å². The zero-order valence-electron chi connectivity index (χ0n) is 22.6. The monoisotopic (exact) mass is 540 g/mol. The van der Waals surface area contributed by atoms with E-state index in [4.69, 9.17) is 14.0 Å². The number of ether oxygens (including phenoxy) is 2. The Kier molecular flexibility index (Phi) is 7.48. The Hall–Kier alpha value is -3.66. The SMILES string of the molecule is COc1ccc([C@@]23CC[C@H](NC(=O)Nc4ccc(F)c(F)c4)C[C@H]2N(Cc2c(C)noc2C)CC3)cc1OC. The number of urea groups is 1. The van der Waals surface area contributed by atoms with Gasteiger partial charge >= 0.3 is 6.03 Å². The minimum absolute atomic E-state index is 0.0983. The van der Waals surface area contributed by atoms with Crippen molar-refractivity contribution in [2.75, 3.05) is 26.1 Å². The fourth-order valence-electron chi connectivity index (χ4n) is 6.30. The average molecular weight is 541 g/mol. The number of nitrogens with zero attached hydrogens (tertiary/aromatic N) is 2. The van der Waals surface area contributed by atoms with Crippen molar-refractivity contribution in [2.45, 2.75) is 63.6 Å². The van der Waals surface area contributed by atoms with Gasteiger partial charge in [-0.25, -0.2) is 13.6 Å². The maximum absolute atomic E-state index is 13.6. The van der Waals surface area contributed by atoms with Gasteiger partial charge in [-0.3, -0.25) is 4.90 Å². The highest BCUT2D eigenvalue weighted by atomic mass is 19.2. The summed E-state index contributed by atoms with van der Waals surface area (Å²) in [4.78, 5) is 15.3. The zero-order valence-corrected chi connectivity index (χ0v) is 22.6. The summed E-state index contributed by atoms with van der Waals surface area (Å²) in [6.45, 7) is 5.48. The molecule has 2 amide bonds. The smallest absolute Gasteiger partial charge is 0.319 e. The van der Waals surface area contributed by atoms with E-state index in [0.29, 0.717) is 18.0 Å². The standard InChI is InChI=1S/C29H34F2N4O4/c1-17-22(18(2)39-34-17)16-35-12-11-29(19-5-8-25(37-3)26(13-19)38-4)10-9-21(15-27(29)35)33-28(36)32-20-6-7-23(30)24(31)14-20/h5-8,13-14,21,27H,9-12,15-16H2,1-4H3,(H2,32,33,36)/t21-,27+,29-/m0/s1. The highest BCUT2D eigenvalue weighted by Gasteiger charge is 2.52. The molecule has 1 aliphatic carbocycles. The molecule has 3 aromatic rings. The number of fused-ring (bicyclic) bond motifs is 1. The predicted octanol–water partition coefficient (Wildman–Crippen LogP) is 5.47. The van der Waals surface area contributed by atoms with Crippen molar-refractivity contribution in [3.63, 3.8) is 0 Å². The molecule has 2 aromatic carbocycles. The molecule has 208 valence electrons. The summed E-state index contributed by atoms with van der Waals surface area (Å²) in [6, 6.07) is 9.05. The molecule has 0 unspecified atom stereocenters. The van der Waals surface area contributed by atoms with Crippen LogP contribution in [0.2, 0.25) is 0 Å². The van der Waals surface area contributed by atoms with Crippen LogP contribution in [0.15, 0.2) is 40.9 Å². The number of hydrogen-bond acceptors (Lipinski definition) is 6. The van der Waals surface area contributed by atoms with Crippen molar-refractivity contribution in [3.05, 3.63) is 70.6 Å². The first kappa shape index (κ1) is 26.9. The molecule has 39 heavy (non-hydrogen) atoms.